The van der Waals surface area contributed by atoms with Gasteiger partial charge in [-0.1, -0.05) is 13.8 Å². The second-order valence-electron chi connectivity index (χ2n) is 2.19. The first-order valence-corrected chi connectivity index (χ1v) is 2.84. The average Bonchev–Trinajstić information content (AvgIpc) is 1.59. The number of benzene rings is 1. The van der Waals surface area contributed by atoms with Crippen LogP contribution in [-0.4, -0.2) is 0 Å². The molecule has 0 heterocycles. The Morgan fingerprint density at radius 2 is 1.82 bits per heavy atom. The quantitative estimate of drug-likeness (QED) is 0.645. The molecule has 0 saturated carbocycles. The molecule has 0 saturated heterocycles. The summed E-state index contributed by atoms with van der Waals surface area (Å²) in [7, 11) is 0. The topological polar surface area (TPSA) is 0 Å². The minimum atomic E-state index is -0.271. The van der Waals surface area contributed by atoms with Crippen molar-refractivity contribution in [2.24, 2.45) is 0 Å². The predicted octanol–water partition coefficient (Wildman–Crippen LogP) is 2.69. The van der Waals surface area contributed by atoms with Crippen LogP contribution in [0.25, 0.3) is 0 Å². The van der Waals surface area contributed by atoms with Gasteiger partial charge in [-0.05, 0) is 0 Å². The van der Waals surface area contributed by atoms with Gasteiger partial charge in [0.05, 0.1) is 0 Å². The van der Waals surface area contributed by atoms with Crippen LogP contribution in [0.4, 0.5) is 4.39 Å². The van der Waals surface area contributed by atoms with Gasteiger partial charge in [-0.15, -0.1) is 12.1 Å². The SMILES string of the molecule is Cc1[c-]c(F)cc(C)c1.[CH3-].[W+2]. The zero-order valence-electron chi connectivity index (χ0n) is 6.94. The van der Waals surface area contributed by atoms with Gasteiger partial charge in [-0.2, -0.15) is 17.2 Å². The van der Waals surface area contributed by atoms with Crippen LogP contribution in [0.2, 0.25) is 0 Å². The van der Waals surface area contributed by atoms with E-state index in [1.54, 1.807) is 0 Å². The third kappa shape index (κ3) is 4.31. The van der Waals surface area contributed by atoms with Crippen LogP contribution in [0.3, 0.4) is 0 Å². The zero-order valence-corrected chi connectivity index (χ0v) is 9.87. The molecular formula is C9H11FW. The molecular weight excluding hydrogens is 311 g/mol. The Hall–Kier alpha value is -0.162. The summed E-state index contributed by atoms with van der Waals surface area (Å²) >= 11 is 0. The molecule has 0 aliphatic carbocycles. The minimum absolute atomic E-state index is 0. The van der Waals surface area contributed by atoms with E-state index in [9.17, 15) is 4.39 Å². The van der Waals surface area contributed by atoms with Gasteiger partial charge >= 0.3 is 21.1 Å². The molecule has 0 aliphatic heterocycles. The maximum atomic E-state index is 12.4. The van der Waals surface area contributed by atoms with Crippen molar-refractivity contribution in [3.05, 3.63) is 42.6 Å². The minimum Gasteiger partial charge on any atom is -0.358 e. The van der Waals surface area contributed by atoms with Crippen molar-refractivity contribution in [2.75, 3.05) is 0 Å². The Bertz CT molecular complexity index is 170. The van der Waals surface area contributed by atoms with Crippen molar-refractivity contribution >= 4 is 0 Å². The molecule has 0 unspecified atom stereocenters. The van der Waals surface area contributed by atoms with Gasteiger partial charge in [0.1, 0.15) is 0 Å². The van der Waals surface area contributed by atoms with E-state index in [2.05, 4.69) is 6.07 Å². The molecule has 1 aromatic rings. The fourth-order valence-electron chi connectivity index (χ4n) is 0.844. The third-order valence-corrected chi connectivity index (χ3v) is 1.12. The fourth-order valence-corrected chi connectivity index (χ4v) is 0.844. The molecule has 1 rings (SSSR count). The van der Waals surface area contributed by atoms with Gasteiger partial charge in [0.25, 0.3) is 0 Å². The Labute approximate surface area is 82.1 Å². The summed E-state index contributed by atoms with van der Waals surface area (Å²) in [5.74, 6) is -0.271. The Balaban J connectivity index is 0. The van der Waals surface area contributed by atoms with Crippen LogP contribution in [-0.2, 0) is 21.1 Å². The number of halogens is 1. The van der Waals surface area contributed by atoms with Crippen molar-refractivity contribution in [1.82, 2.24) is 0 Å². The summed E-state index contributed by atoms with van der Waals surface area (Å²) in [5, 5.41) is 0. The van der Waals surface area contributed by atoms with Crippen LogP contribution in [0.5, 0.6) is 0 Å². The molecule has 60 valence electrons. The molecule has 0 N–H and O–H groups in total. The first-order valence-electron chi connectivity index (χ1n) is 2.84. The number of hydrogen-bond donors (Lipinski definition) is 0. The van der Waals surface area contributed by atoms with Crippen LogP contribution in [0.15, 0.2) is 12.1 Å². The van der Waals surface area contributed by atoms with E-state index < -0.39 is 0 Å². The average molecular weight is 322 g/mol. The van der Waals surface area contributed by atoms with E-state index in [1.807, 2.05) is 19.9 Å². The van der Waals surface area contributed by atoms with Crippen molar-refractivity contribution in [3.8, 4) is 0 Å². The van der Waals surface area contributed by atoms with E-state index in [0.29, 0.717) is 0 Å². The first-order chi connectivity index (χ1) is 4.18. The molecule has 2 heteroatoms. The van der Waals surface area contributed by atoms with Crippen LogP contribution in [0.1, 0.15) is 11.1 Å². The van der Waals surface area contributed by atoms with Gasteiger partial charge in [0.2, 0.25) is 0 Å². The Morgan fingerprint density at radius 3 is 2.18 bits per heavy atom. The van der Waals surface area contributed by atoms with Gasteiger partial charge in [0.15, 0.2) is 0 Å². The molecule has 1 aromatic carbocycles. The first kappa shape index (κ1) is 13.4. The maximum Gasteiger partial charge on any atom is 2.00 e. The van der Waals surface area contributed by atoms with E-state index in [-0.39, 0.29) is 34.3 Å². The van der Waals surface area contributed by atoms with Gasteiger partial charge in [-0.3, -0.25) is 0 Å². The molecule has 0 radical (unpaired) electrons. The second-order valence-corrected chi connectivity index (χ2v) is 2.19. The van der Waals surface area contributed by atoms with Crippen molar-refractivity contribution in [1.29, 1.82) is 0 Å². The zero-order chi connectivity index (χ0) is 6.85. The van der Waals surface area contributed by atoms with E-state index >= 15 is 0 Å². The molecule has 0 aromatic heterocycles. The summed E-state index contributed by atoms with van der Waals surface area (Å²) in [6.45, 7) is 3.69. The molecule has 0 aliphatic rings. The van der Waals surface area contributed by atoms with E-state index in [4.69, 9.17) is 0 Å². The molecule has 0 atom stereocenters. The fraction of sp³-hybridized carbons (Fsp3) is 0.222. The monoisotopic (exact) mass is 322 g/mol. The maximum absolute atomic E-state index is 12.4. The number of rotatable bonds is 0. The van der Waals surface area contributed by atoms with Crippen molar-refractivity contribution in [2.45, 2.75) is 13.8 Å². The predicted molar refractivity (Wildman–Crippen MR) is 41.1 cm³/mol. The van der Waals surface area contributed by atoms with Gasteiger partial charge in [0, 0.05) is 5.82 Å². The number of hydrogen-bond acceptors (Lipinski definition) is 0. The Morgan fingerprint density at radius 1 is 1.27 bits per heavy atom. The number of aryl methyl sites for hydroxylation is 2. The molecule has 0 bridgehead atoms. The van der Waals surface area contributed by atoms with Crippen LogP contribution >= 0.6 is 0 Å². The van der Waals surface area contributed by atoms with E-state index in [1.165, 1.54) is 6.07 Å². The van der Waals surface area contributed by atoms with Crippen LogP contribution < -0.4 is 0 Å². The Kier molecular flexibility index (Phi) is 6.70. The second kappa shape index (κ2) is 5.48. The van der Waals surface area contributed by atoms with E-state index in [0.717, 1.165) is 11.1 Å². The summed E-state index contributed by atoms with van der Waals surface area (Å²) in [5.41, 5.74) is 1.80. The molecule has 0 spiro atoms. The summed E-state index contributed by atoms with van der Waals surface area (Å²) in [6.07, 6.45) is 0. The summed E-state index contributed by atoms with van der Waals surface area (Å²) in [6, 6.07) is 5.90. The normalized spacial score (nSPS) is 7.91. The smallest absolute Gasteiger partial charge is 0.358 e. The summed E-state index contributed by atoms with van der Waals surface area (Å²) < 4.78 is 12.4. The van der Waals surface area contributed by atoms with Crippen LogP contribution in [0, 0.1) is 33.2 Å². The third-order valence-electron chi connectivity index (χ3n) is 1.12. The largest absolute Gasteiger partial charge is 2.00 e. The standard InChI is InChI=1S/C8H8F.CH3.W/c1-6-3-7(2)5-8(9)4-6;;/h3-4H,1-2H3;1H3;/q2*-1;+2. The van der Waals surface area contributed by atoms with Gasteiger partial charge < -0.3 is 7.43 Å². The summed E-state index contributed by atoms with van der Waals surface area (Å²) in [4.78, 5) is 0. The van der Waals surface area contributed by atoms with Crippen molar-refractivity contribution < 1.29 is 25.5 Å². The molecule has 0 fully saturated rings. The van der Waals surface area contributed by atoms with Crippen molar-refractivity contribution in [3.63, 3.8) is 0 Å². The molecule has 0 amide bonds. The molecule has 11 heavy (non-hydrogen) atoms. The molecule has 0 nitrogen and oxygen atoms in total. The van der Waals surface area contributed by atoms with Gasteiger partial charge in [-0.25, -0.2) is 4.39 Å².